The molecule has 1 aromatic heterocycles. The molecule has 5 rings (SSSR count). The van der Waals surface area contributed by atoms with Gasteiger partial charge in [-0.1, -0.05) is 24.3 Å². The predicted molar refractivity (Wildman–Crippen MR) is 134 cm³/mol. The van der Waals surface area contributed by atoms with Gasteiger partial charge in [0.1, 0.15) is 12.4 Å². The van der Waals surface area contributed by atoms with Gasteiger partial charge in [-0.3, -0.25) is 0 Å². The van der Waals surface area contributed by atoms with Crippen molar-refractivity contribution in [3.8, 4) is 16.9 Å². The summed E-state index contributed by atoms with van der Waals surface area (Å²) in [5.41, 5.74) is 3.51. The van der Waals surface area contributed by atoms with Crippen molar-refractivity contribution in [2.45, 2.75) is 37.8 Å². The first-order chi connectivity index (χ1) is 17.5. The van der Waals surface area contributed by atoms with E-state index in [0.29, 0.717) is 34.4 Å². The van der Waals surface area contributed by atoms with E-state index in [1.165, 1.54) is 6.26 Å². The second-order valence-electron chi connectivity index (χ2n) is 9.09. The molecule has 0 radical (unpaired) electrons. The minimum absolute atomic E-state index is 0.0470. The van der Waals surface area contributed by atoms with Crippen molar-refractivity contribution < 1.29 is 33.6 Å². The van der Waals surface area contributed by atoms with E-state index in [9.17, 15) is 15.0 Å². The number of aliphatic hydroxyl groups is 1. The molecule has 0 aliphatic heterocycles. The van der Waals surface area contributed by atoms with Crippen molar-refractivity contribution in [3.05, 3.63) is 89.4 Å². The minimum Gasteiger partial charge on any atom is -0.489 e. The smallest absolute Gasteiger partial charge is 0.336 e. The van der Waals surface area contributed by atoms with Crippen LogP contribution >= 0.6 is 0 Å². The molecular weight excluding hydrogens is 460 g/mol. The number of rotatable bonds is 9. The number of carbonyl (C=O) groups is 1. The lowest BCUT2D eigenvalue weighted by atomic mass is 9.72. The van der Waals surface area contributed by atoms with Crippen LogP contribution < -0.4 is 4.74 Å². The van der Waals surface area contributed by atoms with Gasteiger partial charge in [-0.05, 0) is 57.8 Å². The fraction of sp³-hybridized carbons (Fsp3) is 0.276. The second kappa shape index (κ2) is 9.78. The molecule has 3 aromatic carbocycles. The SMILES string of the molecule is COC1CC(OC)(c2cccc(COc3ccc4c(-c5ccoc5)c(CO)c(C(=O)O)cc4c3)c2)C1. The normalized spacial score (nSPS) is 19.2. The Morgan fingerprint density at radius 2 is 1.94 bits per heavy atom. The summed E-state index contributed by atoms with van der Waals surface area (Å²) in [5.74, 6) is -0.490. The number of hydrogen-bond donors (Lipinski definition) is 2. The lowest BCUT2D eigenvalue weighted by Crippen LogP contribution is -2.47. The van der Waals surface area contributed by atoms with Gasteiger partial charge in [-0.25, -0.2) is 4.79 Å². The van der Waals surface area contributed by atoms with Crippen LogP contribution in [-0.4, -0.2) is 36.5 Å². The van der Waals surface area contributed by atoms with Crippen molar-refractivity contribution in [1.29, 1.82) is 0 Å². The standard InChI is InChI=1S/C29H28O7/c1-33-23-13-29(14-23,34-2)21-5-3-4-18(10-21)16-36-22-6-7-24-20(11-22)12-25(28(31)32)26(15-30)27(24)19-8-9-35-17-19/h3-12,17,23,30H,13-16H2,1-2H3,(H,31,32). The van der Waals surface area contributed by atoms with Gasteiger partial charge in [0.2, 0.25) is 0 Å². The molecule has 0 bridgehead atoms. The lowest BCUT2D eigenvalue weighted by Gasteiger charge is -2.46. The van der Waals surface area contributed by atoms with E-state index in [1.54, 1.807) is 32.6 Å². The summed E-state index contributed by atoms with van der Waals surface area (Å²) in [6, 6.07) is 17.1. The molecule has 2 N–H and O–H groups in total. The number of aromatic carboxylic acids is 1. The quantitative estimate of drug-likeness (QED) is 0.320. The van der Waals surface area contributed by atoms with Crippen LogP contribution in [0.25, 0.3) is 21.9 Å². The van der Waals surface area contributed by atoms with Crippen molar-refractivity contribution in [2.24, 2.45) is 0 Å². The third-order valence-electron chi connectivity index (χ3n) is 7.11. The molecule has 1 saturated carbocycles. The van der Waals surface area contributed by atoms with Gasteiger partial charge < -0.3 is 28.8 Å². The number of fused-ring (bicyclic) bond motifs is 1. The zero-order valence-corrected chi connectivity index (χ0v) is 20.2. The highest BCUT2D eigenvalue weighted by Crippen LogP contribution is 2.46. The Kier molecular flexibility index (Phi) is 6.53. The maximum absolute atomic E-state index is 12.0. The largest absolute Gasteiger partial charge is 0.489 e. The summed E-state index contributed by atoms with van der Waals surface area (Å²) in [6.07, 6.45) is 4.90. The summed E-state index contributed by atoms with van der Waals surface area (Å²) < 4.78 is 22.6. The Morgan fingerprint density at radius 3 is 2.61 bits per heavy atom. The van der Waals surface area contributed by atoms with E-state index in [4.69, 9.17) is 18.6 Å². The van der Waals surface area contributed by atoms with Gasteiger partial charge >= 0.3 is 5.97 Å². The summed E-state index contributed by atoms with van der Waals surface area (Å²) in [7, 11) is 3.45. The molecule has 0 atom stereocenters. The molecule has 0 saturated heterocycles. The number of furan rings is 1. The van der Waals surface area contributed by atoms with Crippen molar-refractivity contribution in [1.82, 2.24) is 0 Å². The fourth-order valence-electron chi connectivity index (χ4n) is 5.08. The number of aliphatic hydroxyl groups excluding tert-OH is 1. The first kappa shape index (κ1) is 24.1. The highest BCUT2D eigenvalue weighted by Gasteiger charge is 2.46. The molecule has 4 aromatic rings. The lowest BCUT2D eigenvalue weighted by molar-refractivity contribution is -0.154. The molecule has 1 aliphatic carbocycles. The van der Waals surface area contributed by atoms with E-state index in [1.807, 2.05) is 30.3 Å². The first-order valence-electron chi connectivity index (χ1n) is 11.7. The molecule has 36 heavy (non-hydrogen) atoms. The average molecular weight is 489 g/mol. The van der Waals surface area contributed by atoms with E-state index in [2.05, 4.69) is 12.1 Å². The van der Waals surface area contributed by atoms with Gasteiger partial charge in [0.05, 0.1) is 36.4 Å². The van der Waals surface area contributed by atoms with E-state index < -0.39 is 12.6 Å². The highest BCUT2D eigenvalue weighted by molar-refractivity contribution is 6.05. The minimum atomic E-state index is -1.10. The third kappa shape index (κ3) is 4.26. The van der Waals surface area contributed by atoms with Crippen LogP contribution in [0.15, 0.2) is 71.5 Å². The summed E-state index contributed by atoms with van der Waals surface area (Å²) in [6.45, 7) is -0.0529. The van der Waals surface area contributed by atoms with Crippen LogP contribution in [0.3, 0.4) is 0 Å². The van der Waals surface area contributed by atoms with Gasteiger partial charge in [0.25, 0.3) is 0 Å². The number of carboxylic acids is 1. The number of carboxylic acid groups (broad SMARTS) is 1. The molecule has 1 heterocycles. The predicted octanol–water partition coefficient (Wildman–Crippen LogP) is 5.52. The van der Waals surface area contributed by atoms with Crippen LogP contribution in [0, 0.1) is 0 Å². The average Bonchev–Trinajstić information content (AvgIpc) is 3.41. The Morgan fingerprint density at radius 1 is 1.11 bits per heavy atom. The third-order valence-corrected chi connectivity index (χ3v) is 7.11. The molecule has 7 heteroatoms. The van der Waals surface area contributed by atoms with Crippen LogP contribution in [-0.2, 0) is 28.3 Å². The maximum atomic E-state index is 12.0. The zero-order valence-electron chi connectivity index (χ0n) is 20.2. The Hall–Kier alpha value is -3.65. The number of ether oxygens (including phenoxy) is 3. The van der Waals surface area contributed by atoms with Crippen LogP contribution in [0.5, 0.6) is 5.75 Å². The van der Waals surface area contributed by atoms with Crippen LogP contribution in [0.2, 0.25) is 0 Å². The van der Waals surface area contributed by atoms with Crippen LogP contribution in [0.1, 0.15) is 39.9 Å². The monoisotopic (exact) mass is 488 g/mol. The van der Waals surface area contributed by atoms with Gasteiger partial charge in [-0.2, -0.15) is 0 Å². The fourth-order valence-corrected chi connectivity index (χ4v) is 5.08. The molecule has 7 nitrogen and oxygen atoms in total. The van der Waals surface area contributed by atoms with Crippen molar-refractivity contribution >= 4 is 16.7 Å². The first-order valence-corrected chi connectivity index (χ1v) is 11.7. The molecule has 0 spiro atoms. The molecule has 1 fully saturated rings. The summed E-state index contributed by atoms with van der Waals surface area (Å²) in [4.78, 5) is 12.0. The summed E-state index contributed by atoms with van der Waals surface area (Å²) in [5, 5.41) is 21.3. The van der Waals surface area contributed by atoms with Crippen molar-refractivity contribution in [3.63, 3.8) is 0 Å². The Labute approximate surface area is 208 Å². The number of hydrogen-bond acceptors (Lipinski definition) is 6. The molecular formula is C29H28O7. The van der Waals surface area contributed by atoms with Crippen LogP contribution in [0.4, 0.5) is 0 Å². The van der Waals surface area contributed by atoms with Gasteiger partial charge in [-0.15, -0.1) is 0 Å². The van der Waals surface area contributed by atoms with Gasteiger partial charge in [0.15, 0.2) is 0 Å². The molecule has 186 valence electrons. The maximum Gasteiger partial charge on any atom is 0.336 e. The van der Waals surface area contributed by atoms with E-state index >= 15 is 0 Å². The van der Waals surface area contributed by atoms with E-state index in [0.717, 1.165) is 29.4 Å². The second-order valence-corrected chi connectivity index (χ2v) is 9.09. The Bertz CT molecular complexity index is 1380. The Balaban J connectivity index is 1.44. The zero-order chi connectivity index (χ0) is 25.3. The van der Waals surface area contributed by atoms with Crippen molar-refractivity contribution in [2.75, 3.05) is 14.2 Å². The van der Waals surface area contributed by atoms with Gasteiger partial charge in [0, 0.05) is 38.2 Å². The molecule has 0 amide bonds. The molecule has 1 aliphatic rings. The van der Waals surface area contributed by atoms with E-state index in [-0.39, 0.29) is 17.3 Å². The summed E-state index contributed by atoms with van der Waals surface area (Å²) >= 11 is 0. The highest BCUT2D eigenvalue weighted by atomic mass is 16.5. The number of methoxy groups -OCH3 is 2. The topological polar surface area (TPSA) is 98.4 Å². The number of benzene rings is 3. The molecule has 0 unspecified atom stereocenters.